The zero-order chi connectivity index (χ0) is 29.9. The van der Waals surface area contributed by atoms with Crippen molar-refractivity contribution in [1.29, 1.82) is 0 Å². The highest BCUT2D eigenvalue weighted by Crippen LogP contribution is 2.48. The highest BCUT2D eigenvalue weighted by Gasteiger charge is 2.54. The van der Waals surface area contributed by atoms with Crippen molar-refractivity contribution in [2.75, 3.05) is 40.6 Å². The van der Waals surface area contributed by atoms with Gasteiger partial charge in [-0.15, -0.1) is 0 Å². The van der Waals surface area contributed by atoms with Crippen molar-refractivity contribution < 1.29 is 39.2 Å². The van der Waals surface area contributed by atoms with Gasteiger partial charge in [-0.05, 0) is 82.0 Å². The zero-order valence-electron chi connectivity index (χ0n) is 26.8. The molecule has 0 aromatic carbocycles. The van der Waals surface area contributed by atoms with Crippen LogP contribution in [0.15, 0.2) is 0 Å². The summed E-state index contributed by atoms with van der Waals surface area (Å²) < 4.78 is 32.1. The predicted octanol–water partition coefficient (Wildman–Crippen LogP) is 2.21. The van der Waals surface area contributed by atoms with E-state index in [9.17, 15) is 10.2 Å². The summed E-state index contributed by atoms with van der Waals surface area (Å²) in [6.45, 7) is 3.00. The normalized spacial score (nSPS) is 49.2. The van der Waals surface area contributed by atoms with Gasteiger partial charge in [0.25, 0.3) is 0 Å². The fourth-order valence-electron chi connectivity index (χ4n) is 10.2. The molecule has 3 saturated carbocycles. The second-order valence-corrected chi connectivity index (χ2v) is 15.2. The van der Waals surface area contributed by atoms with Crippen LogP contribution in [0.25, 0.3) is 0 Å². The van der Waals surface area contributed by atoms with Crippen LogP contribution in [0.2, 0.25) is 0 Å². The number of methoxy groups -OCH3 is 2. The van der Waals surface area contributed by atoms with Crippen molar-refractivity contribution in [3.05, 3.63) is 0 Å². The standard InChI is InChI=1S/C34H60N2O7/c1-39-24-6-7-30-26(16-24)34(41-11-9-20-8-10-36-31(35)14-20)29(19-42-30)28-18-43-33-22(12-21-4-3-5-23(37)13-21)15-25(40-2)17-27(33)32(28)38/h20-34,36-38H,3-19,35H2,1-2H3/p+1. The molecule has 0 bridgehead atoms. The van der Waals surface area contributed by atoms with Crippen LogP contribution < -0.4 is 11.1 Å². The van der Waals surface area contributed by atoms with Crippen molar-refractivity contribution in [2.45, 2.75) is 132 Å². The molecular formula is C34H61N2O7+. The third-order valence-electron chi connectivity index (χ3n) is 12.6. The van der Waals surface area contributed by atoms with E-state index in [0.29, 0.717) is 31.0 Å². The summed E-state index contributed by atoms with van der Waals surface area (Å²) in [4.78, 5) is 0. The first kappa shape index (κ1) is 32.6. The van der Waals surface area contributed by atoms with Crippen LogP contribution in [0.1, 0.15) is 83.5 Å². The van der Waals surface area contributed by atoms with E-state index in [1.165, 1.54) is 12.8 Å². The van der Waals surface area contributed by atoms with Gasteiger partial charge in [0.15, 0.2) is 0 Å². The number of aliphatic hydroxyl groups excluding tert-OH is 2. The lowest BCUT2D eigenvalue weighted by Gasteiger charge is -2.54. The number of ether oxygens (including phenoxy) is 5. The number of piperidine rings is 1. The van der Waals surface area contributed by atoms with Crippen LogP contribution in [-0.4, -0.2) is 99.7 Å². The molecule has 9 nitrogen and oxygen atoms in total. The average Bonchev–Trinajstić information content (AvgIpc) is 3.01. The molecular weight excluding hydrogens is 548 g/mol. The molecule has 3 saturated heterocycles. The Morgan fingerprint density at radius 2 is 1.60 bits per heavy atom. The molecule has 6 aliphatic rings. The molecule has 6 rings (SSSR count). The minimum Gasteiger partial charge on any atom is -0.393 e. The quantitative estimate of drug-likeness (QED) is 0.313. The number of fused-ring (bicyclic) bond motifs is 2. The van der Waals surface area contributed by atoms with Crippen LogP contribution >= 0.6 is 0 Å². The number of aliphatic hydroxyl groups is 2. The fourth-order valence-corrected chi connectivity index (χ4v) is 10.2. The molecule has 3 heterocycles. The summed E-state index contributed by atoms with van der Waals surface area (Å²) in [5, 5.41) is 24.7. The number of quaternary nitrogens is 1. The Bertz CT molecular complexity index is 867. The highest BCUT2D eigenvalue weighted by atomic mass is 16.5. The number of hydrogen-bond acceptors (Lipinski definition) is 8. The van der Waals surface area contributed by atoms with Gasteiger partial charge in [0.1, 0.15) is 6.17 Å². The maximum Gasteiger partial charge on any atom is 0.137 e. The van der Waals surface area contributed by atoms with E-state index in [0.717, 1.165) is 83.8 Å². The summed E-state index contributed by atoms with van der Waals surface area (Å²) in [7, 11) is 3.63. The zero-order valence-corrected chi connectivity index (χ0v) is 26.8. The molecule has 6 N–H and O–H groups in total. The Morgan fingerprint density at radius 3 is 2.40 bits per heavy atom. The molecule has 0 spiro atoms. The molecule has 43 heavy (non-hydrogen) atoms. The molecule has 0 radical (unpaired) electrons. The first-order chi connectivity index (χ1) is 20.9. The second kappa shape index (κ2) is 15.0. The van der Waals surface area contributed by atoms with Gasteiger partial charge in [-0.25, -0.2) is 0 Å². The van der Waals surface area contributed by atoms with Crippen LogP contribution in [0.3, 0.4) is 0 Å². The van der Waals surface area contributed by atoms with E-state index in [2.05, 4.69) is 5.32 Å². The van der Waals surface area contributed by atoms with Crippen molar-refractivity contribution in [3.63, 3.8) is 0 Å². The lowest BCUT2D eigenvalue weighted by atomic mass is 9.64. The Kier molecular flexibility index (Phi) is 11.4. The number of rotatable bonds is 9. The summed E-state index contributed by atoms with van der Waals surface area (Å²) in [6.07, 6.45) is 13.5. The van der Waals surface area contributed by atoms with Gasteiger partial charge < -0.3 is 39.2 Å². The van der Waals surface area contributed by atoms with Crippen LogP contribution in [0, 0.1) is 41.4 Å². The van der Waals surface area contributed by atoms with E-state index in [4.69, 9.17) is 29.4 Å². The molecule has 15 unspecified atom stereocenters. The minimum absolute atomic E-state index is 0.0272. The molecule has 0 aromatic heterocycles. The summed E-state index contributed by atoms with van der Waals surface area (Å²) in [6, 6.07) is 0. The Labute approximate surface area is 259 Å². The molecule has 0 amide bonds. The lowest BCUT2D eigenvalue weighted by molar-refractivity contribution is -0.699. The van der Waals surface area contributed by atoms with Crippen molar-refractivity contribution in [3.8, 4) is 0 Å². The van der Waals surface area contributed by atoms with Gasteiger partial charge in [-0.2, -0.15) is 0 Å². The van der Waals surface area contributed by atoms with Crippen LogP contribution in [0.4, 0.5) is 0 Å². The average molecular weight is 610 g/mol. The maximum absolute atomic E-state index is 12.1. The van der Waals surface area contributed by atoms with E-state index < -0.39 is 6.10 Å². The molecule has 0 aromatic rings. The number of hydrogen-bond donors (Lipinski definition) is 4. The Balaban J connectivity index is 1.15. The van der Waals surface area contributed by atoms with Crippen molar-refractivity contribution in [1.82, 2.24) is 0 Å². The molecule has 248 valence electrons. The van der Waals surface area contributed by atoms with E-state index in [1.54, 1.807) is 0 Å². The van der Waals surface area contributed by atoms with Crippen molar-refractivity contribution >= 4 is 0 Å². The molecule has 3 aliphatic heterocycles. The second-order valence-electron chi connectivity index (χ2n) is 15.2. The topological polar surface area (TPSA) is 129 Å². The van der Waals surface area contributed by atoms with E-state index >= 15 is 0 Å². The molecule has 9 heteroatoms. The number of nitrogens with two attached hydrogens (primary N) is 2. The van der Waals surface area contributed by atoms with Gasteiger partial charge in [0.2, 0.25) is 0 Å². The Morgan fingerprint density at radius 1 is 0.791 bits per heavy atom. The monoisotopic (exact) mass is 609 g/mol. The third-order valence-corrected chi connectivity index (χ3v) is 12.6. The van der Waals surface area contributed by atoms with Gasteiger partial charge in [0.05, 0.1) is 62.5 Å². The lowest BCUT2D eigenvalue weighted by Crippen LogP contribution is -2.94. The van der Waals surface area contributed by atoms with Crippen LogP contribution in [0.5, 0.6) is 0 Å². The first-order valence-electron chi connectivity index (χ1n) is 17.8. The van der Waals surface area contributed by atoms with Gasteiger partial charge in [-0.1, -0.05) is 12.8 Å². The van der Waals surface area contributed by atoms with E-state index in [1.807, 2.05) is 14.2 Å². The highest BCUT2D eigenvalue weighted by molar-refractivity contribution is 5.02. The van der Waals surface area contributed by atoms with Gasteiger partial charge in [-0.3, -0.25) is 5.73 Å². The smallest absolute Gasteiger partial charge is 0.137 e. The maximum atomic E-state index is 12.1. The third kappa shape index (κ3) is 7.62. The molecule has 6 fully saturated rings. The largest absolute Gasteiger partial charge is 0.393 e. The van der Waals surface area contributed by atoms with Gasteiger partial charge in [0, 0.05) is 50.9 Å². The predicted molar refractivity (Wildman–Crippen MR) is 162 cm³/mol. The summed E-state index contributed by atoms with van der Waals surface area (Å²) >= 11 is 0. The minimum atomic E-state index is -0.471. The molecule has 15 atom stereocenters. The van der Waals surface area contributed by atoms with Crippen LogP contribution in [-0.2, 0) is 23.7 Å². The summed E-state index contributed by atoms with van der Waals surface area (Å²) in [5.41, 5.74) is 6.25. The first-order valence-corrected chi connectivity index (χ1v) is 17.8. The molecule has 3 aliphatic carbocycles. The van der Waals surface area contributed by atoms with Crippen molar-refractivity contribution in [2.24, 2.45) is 47.2 Å². The Hall–Kier alpha value is -0.360. The summed E-state index contributed by atoms with van der Waals surface area (Å²) in [5.74, 6) is 1.88. The fraction of sp³-hybridized carbons (Fsp3) is 1.00. The van der Waals surface area contributed by atoms with E-state index in [-0.39, 0.29) is 66.5 Å². The van der Waals surface area contributed by atoms with Gasteiger partial charge >= 0.3 is 0 Å². The SMILES string of the molecule is COC1CC(CC2CCCC(O)C2)C2OCC(C3COC4CCC(OC)CC4C3OCCC3CC[NH2+]C(N)C3)C(O)C2C1.